The van der Waals surface area contributed by atoms with Gasteiger partial charge in [-0.05, 0) is 48.9 Å². The predicted molar refractivity (Wildman–Crippen MR) is 101 cm³/mol. The number of hydrogen-bond donors (Lipinski definition) is 1. The first-order valence-electron chi connectivity index (χ1n) is 8.25. The molecular formula is C17H21Cl2N5O3. The van der Waals surface area contributed by atoms with E-state index in [4.69, 9.17) is 33.7 Å². The molecule has 0 fully saturated rings. The molecule has 146 valence electrons. The van der Waals surface area contributed by atoms with Crippen LogP contribution in [0.4, 0.5) is 0 Å². The van der Waals surface area contributed by atoms with Crippen LogP contribution in [-0.2, 0) is 27.3 Å². The molecule has 0 saturated carbocycles. The fourth-order valence-corrected chi connectivity index (χ4v) is 2.80. The van der Waals surface area contributed by atoms with Crippen molar-refractivity contribution in [3.05, 3.63) is 39.6 Å². The monoisotopic (exact) mass is 413 g/mol. The van der Waals surface area contributed by atoms with E-state index in [1.165, 1.54) is 4.68 Å². The highest BCUT2D eigenvalue weighted by Crippen LogP contribution is 2.26. The summed E-state index contributed by atoms with van der Waals surface area (Å²) in [4.78, 5) is 24.2. The van der Waals surface area contributed by atoms with Crippen LogP contribution in [0.25, 0.3) is 0 Å². The third-order valence-electron chi connectivity index (χ3n) is 3.53. The number of Topliss-reactive ketones (excluding diaryl/α,β-unsaturated/α-hetero) is 1. The third kappa shape index (κ3) is 6.27. The van der Waals surface area contributed by atoms with Crippen molar-refractivity contribution in [2.75, 3.05) is 0 Å². The van der Waals surface area contributed by atoms with Gasteiger partial charge in [0.1, 0.15) is 12.1 Å². The van der Waals surface area contributed by atoms with Gasteiger partial charge in [0.25, 0.3) is 0 Å². The molecule has 10 heteroatoms. The zero-order chi connectivity index (χ0) is 20.2. The van der Waals surface area contributed by atoms with Gasteiger partial charge in [-0.25, -0.2) is 4.68 Å². The minimum atomic E-state index is -1.01. The standard InChI is InChI=1S/C17H21Cl2N5O3/c1-17(2,3)27-16(26)8-13(20)14(25)9-24-15(21-22-23-24)7-10-11(18)5-4-6-12(10)19/h4-6,13H,7-9,20H2,1-3H3. The number of nitrogens with two attached hydrogens (primary N) is 1. The van der Waals surface area contributed by atoms with E-state index in [0.717, 1.165) is 0 Å². The molecule has 0 saturated heterocycles. The van der Waals surface area contributed by atoms with Crippen molar-refractivity contribution < 1.29 is 14.3 Å². The van der Waals surface area contributed by atoms with E-state index < -0.39 is 17.6 Å². The van der Waals surface area contributed by atoms with Crippen molar-refractivity contribution in [3.8, 4) is 0 Å². The molecule has 1 heterocycles. The molecule has 2 rings (SSSR count). The first kappa shape index (κ1) is 21.3. The van der Waals surface area contributed by atoms with Gasteiger partial charge in [-0.3, -0.25) is 9.59 Å². The Labute approximate surface area is 167 Å². The quantitative estimate of drug-likeness (QED) is 0.691. The molecule has 27 heavy (non-hydrogen) atoms. The Hall–Kier alpha value is -2.03. The number of aromatic nitrogens is 4. The van der Waals surface area contributed by atoms with E-state index in [-0.39, 0.29) is 25.2 Å². The molecule has 8 nitrogen and oxygen atoms in total. The van der Waals surface area contributed by atoms with E-state index in [1.807, 2.05) is 0 Å². The van der Waals surface area contributed by atoms with Gasteiger partial charge in [-0.1, -0.05) is 29.3 Å². The molecular weight excluding hydrogens is 393 g/mol. The lowest BCUT2D eigenvalue weighted by Crippen LogP contribution is -2.38. The Kier molecular flexibility index (Phi) is 6.91. The second kappa shape index (κ2) is 8.77. The highest BCUT2D eigenvalue weighted by molar-refractivity contribution is 6.36. The second-order valence-corrected chi connectivity index (χ2v) is 7.81. The molecule has 0 aliphatic heterocycles. The summed E-state index contributed by atoms with van der Waals surface area (Å²) in [5, 5.41) is 12.3. The highest BCUT2D eigenvalue weighted by atomic mass is 35.5. The summed E-state index contributed by atoms with van der Waals surface area (Å²) in [6.07, 6.45) is 0.0317. The van der Waals surface area contributed by atoms with Crippen molar-refractivity contribution >= 4 is 35.0 Å². The number of esters is 1. The lowest BCUT2D eigenvalue weighted by molar-refractivity contribution is -0.156. The summed E-state index contributed by atoms with van der Waals surface area (Å²) in [5.74, 6) is -0.523. The Balaban J connectivity index is 2.03. The zero-order valence-electron chi connectivity index (χ0n) is 15.3. The molecule has 1 atom stereocenters. The first-order valence-corrected chi connectivity index (χ1v) is 9.00. The Morgan fingerprint density at radius 1 is 1.26 bits per heavy atom. The van der Waals surface area contributed by atoms with Gasteiger partial charge in [0.05, 0.1) is 12.5 Å². The summed E-state index contributed by atoms with van der Waals surface area (Å²) in [7, 11) is 0. The number of benzene rings is 1. The second-order valence-electron chi connectivity index (χ2n) is 6.99. The number of tetrazole rings is 1. The minimum Gasteiger partial charge on any atom is -0.460 e. The Morgan fingerprint density at radius 2 is 1.89 bits per heavy atom. The van der Waals surface area contributed by atoms with E-state index in [1.54, 1.807) is 39.0 Å². The van der Waals surface area contributed by atoms with Crippen LogP contribution in [0.2, 0.25) is 10.0 Å². The summed E-state index contributed by atoms with van der Waals surface area (Å²) in [6.45, 7) is 5.05. The molecule has 2 N–H and O–H groups in total. The normalized spacial score (nSPS) is 12.7. The maximum Gasteiger partial charge on any atom is 0.308 e. The number of ketones is 1. The number of nitrogens with zero attached hydrogens (tertiary/aromatic N) is 4. The lowest BCUT2D eigenvalue weighted by Gasteiger charge is -2.20. The summed E-state index contributed by atoms with van der Waals surface area (Å²) >= 11 is 12.3. The third-order valence-corrected chi connectivity index (χ3v) is 4.24. The molecule has 0 bridgehead atoms. The number of carbonyl (C=O) groups excluding carboxylic acids is 2. The number of hydrogen-bond acceptors (Lipinski definition) is 7. The molecule has 1 aromatic carbocycles. The largest absolute Gasteiger partial charge is 0.460 e. The summed E-state index contributed by atoms with van der Waals surface area (Å²) < 4.78 is 6.49. The SMILES string of the molecule is CC(C)(C)OC(=O)CC(N)C(=O)Cn1nnnc1Cc1c(Cl)cccc1Cl. The highest BCUT2D eigenvalue weighted by Gasteiger charge is 2.24. The summed E-state index contributed by atoms with van der Waals surface area (Å²) in [5.41, 5.74) is 5.84. The van der Waals surface area contributed by atoms with E-state index in [2.05, 4.69) is 15.5 Å². The van der Waals surface area contributed by atoms with Crippen LogP contribution < -0.4 is 5.73 Å². The Bertz CT molecular complexity index is 812. The molecule has 0 aliphatic rings. The minimum absolute atomic E-state index is 0.172. The van der Waals surface area contributed by atoms with Crippen LogP contribution in [0.1, 0.15) is 38.6 Å². The van der Waals surface area contributed by atoms with Crippen LogP contribution >= 0.6 is 23.2 Å². The van der Waals surface area contributed by atoms with Crippen molar-refractivity contribution in [2.24, 2.45) is 5.73 Å². The molecule has 1 aromatic heterocycles. The van der Waals surface area contributed by atoms with Gasteiger partial charge in [-0.15, -0.1) is 5.10 Å². The smallest absolute Gasteiger partial charge is 0.308 e. The van der Waals surface area contributed by atoms with Gasteiger partial charge in [0, 0.05) is 16.5 Å². The average Bonchev–Trinajstić information content (AvgIpc) is 2.96. The maximum absolute atomic E-state index is 12.3. The molecule has 0 aliphatic carbocycles. The van der Waals surface area contributed by atoms with Crippen LogP contribution in [0.3, 0.4) is 0 Å². The van der Waals surface area contributed by atoms with Gasteiger partial charge in [0.15, 0.2) is 11.6 Å². The fourth-order valence-electron chi connectivity index (χ4n) is 2.27. The lowest BCUT2D eigenvalue weighted by atomic mass is 10.1. The molecule has 2 aromatic rings. The summed E-state index contributed by atoms with van der Waals surface area (Å²) in [6, 6.07) is 4.13. The van der Waals surface area contributed by atoms with Gasteiger partial charge >= 0.3 is 5.97 Å². The van der Waals surface area contributed by atoms with E-state index in [0.29, 0.717) is 21.4 Å². The predicted octanol–water partition coefficient (Wildman–Crippen LogP) is 2.20. The van der Waals surface area contributed by atoms with Crippen molar-refractivity contribution in [3.63, 3.8) is 0 Å². The van der Waals surface area contributed by atoms with Crippen LogP contribution in [0.5, 0.6) is 0 Å². The van der Waals surface area contributed by atoms with Crippen LogP contribution in [0.15, 0.2) is 18.2 Å². The number of rotatable bonds is 7. The Morgan fingerprint density at radius 3 is 2.48 bits per heavy atom. The molecule has 1 unspecified atom stereocenters. The van der Waals surface area contributed by atoms with E-state index >= 15 is 0 Å². The maximum atomic E-state index is 12.3. The molecule has 0 radical (unpaired) electrons. The zero-order valence-corrected chi connectivity index (χ0v) is 16.8. The van der Waals surface area contributed by atoms with E-state index in [9.17, 15) is 9.59 Å². The molecule has 0 spiro atoms. The number of ether oxygens (including phenoxy) is 1. The number of carbonyl (C=O) groups is 2. The van der Waals surface area contributed by atoms with Crippen molar-refractivity contribution in [2.45, 2.75) is 51.8 Å². The van der Waals surface area contributed by atoms with Crippen molar-refractivity contribution in [1.82, 2.24) is 20.2 Å². The van der Waals surface area contributed by atoms with Gasteiger partial charge in [-0.2, -0.15) is 0 Å². The molecule has 0 amide bonds. The average molecular weight is 414 g/mol. The fraction of sp³-hybridized carbons (Fsp3) is 0.471. The van der Waals surface area contributed by atoms with Crippen LogP contribution in [0, 0.1) is 0 Å². The van der Waals surface area contributed by atoms with Crippen LogP contribution in [-0.4, -0.2) is 43.6 Å². The first-order chi connectivity index (χ1) is 12.6. The van der Waals surface area contributed by atoms with Gasteiger partial charge in [0.2, 0.25) is 0 Å². The number of halogens is 2. The van der Waals surface area contributed by atoms with Gasteiger partial charge < -0.3 is 10.5 Å². The topological polar surface area (TPSA) is 113 Å². The van der Waals surface area contributed by atoms with Crippen molar-refractivity contribution in [1.29, 1.82) is 0 Å².